The number of hydrogen-bond acceptors (Lipinski definition) is 2. The van der Waals surface area contributed by atoms with E-state index in [0.29, 0.717) is 0 Å². The zero-order chi connectivity index (χ0) is 4.69. The van der Waals surface area contributed by atoms with E-state index in [2.05, 4.69) is 10.6 Å². The van der Waals surface area contributed by atoms with Gasteiger partial charge in [0.1, 0.15) is 0 Å². The molecule has 2 heteroatoms. The molecule has 0 spiro atoms. The highest BCUT2D eigenvalue weighted by Gasteiger charge is 2.38. The predicted molar refractivity (Wildman–Crippen MR) is 32.4 cm³/mol. The zero-order valence-corrected chi connectivity index (χ0v) is 4.28. The molecule has 2 aliphatic rings. The van der Waals surface area contributed by atoms with Gasteiger partial charge < -0.3 is 10.6 Å². The maximum Gasteiger partial charge on any atom is 0.0237 e. The van der Waals surface area contributed by atoms with Crippen LogP contribution in [0, 0.1) is 0 Å². The Bertz CT molecular complexity index is 79.0. The lowest BCUT2D eigenvalue weighted by atomic mass is 10.4. The third kappa shape index (κ3) is 0.545. The van der Waals surface area contributed by atoms with Gasteiger partial charge in [-0.1, -0.05) is 0 Å². The van der Waals surface area contributed by atoms with Gasteiger partial charge in [0.15, 0.2) is 0 Å². The van der Waals surface area contributed by atoms with Crippen molar-refractivity contribution in [3.05, 3.63) is 0 Å². The maximum atomic E-state index is 3.39. The molecule has 1 heterocycles. The molecule has 0 aromatic rings. The Labute approximate surface area is 46.3 Å². The van der Waals surface area contributed by atoms with E-state index in [1.165, 1.54) is 19.5 Å². The summed E-state index contributed by atoms with van der Waals surface area (Å²) in [6, 6.07) is 1.68. The van der Waals surface area contributed by atoms with E-state index >= 15 is 0 Å². The fourth-order valence-corrected chi connectivity index (χ4v) is 1.16. The van der Waals surface area contributed by atoms with Crippen molar-refractivity contribution in [2.75, 3.05) is 13.1 Å². The quantitative estimate of drug-likeness (QED) is 0.443. The molecule has 0 bridgehead atoms. The number of rotatable bonds is 0. The van der Waals surface area contributed by atoms with Crippen LogP contribution in [-0.2, 0) is 0 Å². The summed E-state index contributed by atoms with van der Waals surface area (Å²) in [5.74, 6) is 0. The Hall–Kier alpha value is -0.0800. The molecule has 2 rings (SSSR count). The van der Waals surface area contributed by atoms with Crippen molar-refractivity contribution < 1.29 is 2.85 Å². The summed E-state index contributed by atoms with van der Waals surface area (Å²) in [6.45, 7) is 2.34. The Morgan fingerprint density at radius 2 is 1.71 bits per heavy atom. The first-order chi connectivity index (χ1) is 3.47. The van der Waals surface area contributed by atoms with Crippen LogP contribution in [0.5, 0.6) is 0 Å². The Morgan fingerprint density at radius 3 is 2.14 bits per heavy atom. The van der Waals surface area contributed by atoms with E-state index in [9.17, 15) is 0 Å². The van der Waals surface area contributed by atoms with Crippen LogP contribution in [0.3, 0.4) is 0 Å². The van der Waals surface area contributed by atoms with Gasteiger partial charge in [0.25, 0.3) is 0 Å². The summed E-state index contributed by atoms with van der Waals surface area (Å²) in [5.41, 5.74) is 0. The van der Waals surface area contributed by atoms with Crippen LogP contribution >= 0.6 is 0 Å². The van der Waals surface area contributed by atoms with Crippen LogP contribution in [0.2, 0.25) is 0 Å². The first-order valence-electron chi connectivity index (χ1n) is 2.93. The van der Waals surface area contributed by atoms with Crippen LogP contribution in [0.15, 0.2) is 0 Å². The van der Waals surface area contributed by atoms with Gasteiger partial charge in [0.2, 0.25) is 0 Å². The summed E-state index contributed by atoms with van der Waals surface area (Å²) in [4.78, 5) is 0. The molecule has 1 saturated heterocycles. The molecule has 1 aliphatic carbocycles. The van der Waals surface area contributed by atoms with Crippen LogP contribution in [0.4, 0.5) is 0 Å². The summed E-state index contributed by atoms with van der Waals surface area (Å²) >= 11 is 0. The molecule has 2 fully saturated rings. The Kier molecular flexibility index (Phi) is 0.664. The van der Waals surface area contributed by atoms with E-state index in [1.54, 1.807) is 0 Å². The third-order valence-electron chi connectivity index (χ3n) is 1.73. The highest BCUT2D eigenvalue weighted by Crippen LogP contribution is 2.22. The lowest BCUT2D eigenvalue weighted by molar-refractivity contribution is 0.528. The van der Waals surface area contributed by atoms with Gasteiger partial charge in [-0.3, -0.25) is 0 Å². The molecule has 0 aromatic carbocycles. The minimum Gasteiger partial charge on any atom is -0.311 e. The summed E-state index contributed by atoms with van der Waals surface area (Å²) in [5, 5.41) is 6.79. The molecule has 0 amide bonds. The molecular weight excluding hydrogens is 88.1 g/mol. The van der Waals surface area contributed by atoms with Gasteiger partial charge in [0, 0.05) is 28.0 Å². The monoisotopic (exact) mass is 102 g/mol. The minimum atomic E-state index is 0. The van der Waals surface area contributed by atoms with Gasteiger partial charge in [-0.15, -0.1) is 0 Å². The maximum absolute atomic E-state index is 3.39. The molecule has 2 atom stereocenters. The van der Waals surface area contributed by atoms with E-state index in [4.69, 9.17) is 0 Å². The SMILES string of the molecule is C1CNC2CC2N1.[HH].[HH]. The molecule has 0 radical (unpaired) electrons. The minimum absolute atomic E-state index is 0. The molecule has 2 unspecified atom stereocenters. The first kappa shape index (κ1) is 3.87. The number of hydrogen-bond donors (Lipinski definition) is 2. The summed E-state index contributed by atoms with van der Waals surface area (Å²) in [6.07, 6.45) is 1.36. The first-order valence-corrected chi connectivity index (χ1v) is 2.93. The van der Waals surface area contributed by atoms with Crippen LogP contribution in [0.1, 0.15) is 9.27 Å². The van der Waals surface area contributed by atoms with Gasteiger partial charge in [-0.05, 0) is 6.42 Å². The van der Waals surface area contributed by atoms with E-state index in [-0.39, 0.29) is 2.85 Å². The van der Waals surface area contributed by atoms with Crippen LogP contribution in [0.25, 0.3) is 0 Å². The van der Waals surface area contributed by atoms with Crippen molar-refractivity contribution in [3.63, 3.8) is 0 Å². The summed E-state index contributed by atoms with van der Waals surface area (Å²) in [7, 11) is 0. The normalized spacial score (nSPS) is 48.0. The highest BCUT2D eigenvalue weighted by molar-refractivity contribution is 5.02. The fourth-order valence-electron chi connectivity index (χ4n) is 1.16. The lowest BCUT2D eigenvalue weighted by Gasteiger charge is -2.10. The predicted octanol–water partition coefficient (Wildman–Crippen LogP) is -0.188. The van der Waals surface area contributed by atoms with Crippen molar-refractivity contribution in [1.29, 1.82) is 0 Å². The largest absolute Gasteiger partial charge is 0.311 e. The molecule has 7 heavy (non-hydrogen) atoms. The number of nitrogens with one attached hydrogen (secondary N) is 2. The average molecular weight is 102 g/mol. The standard InChI is InChI=1S/C5H10N2.2H2/c1-2-7-5-3-4(5)6-1;;/h4-7H,1-3H2;2*1H. The second-order valence-electron chi connectivity index (χ2n) is 2.36. The van der Waals surface area contributed by atoms with Crippen molar-refractivity contribution in [1.82, 2.24) is 10.6 Å². The topological polar surface area (TPSA) is 24.1 Å². The molecule has 1 aliphatic heterocycles. The Morgan fingerprint density at radius 1 is 1.14 bits per heavy atom. The lowest BCUT2D eigenvalue weighted by Crippen LogP contribution is -2.39. The fraction of sp³-hybridized carbons (Fsp3) is 1.00. The van der Waals surface area contributed by atoms with Gasteiger partial charge in [-0.2, -0.15) is 0 Å². The van der Waals surface area contributed by atoms with Crippen molar-refractivity contribution in [2.24, 2.45) is 0 Å². The highest BCUT2D eigenvalue weighted by atomic mass is 15.1. The number of piperazine rings is 1. The second kappa shape index (κ2) is 1.20. The molecule has 44 valence electrons. The molecular formula is C5H14N2. The average Bonchev–Trinajstić information content (AvgIpc) is 2.41. The van der Waals surface area contributed by atoms with Crippen molar-refractivity contribution >= 4 is 0 Å². The molecule has 2 nitrogen and oxygen atoms in total. The molecule has 1 saturated carbocycles. The second-order valence-corrected chi connectivity index (χ2v) is 2.36. The van der Waals surface area contributed by atoms with E-state index < -0.39 is 0 Å². The van der Waals surface area contributed by atoms with E-state index in [0.717, 1.165) is 12.1 Å². The van der Waals surface area contributed by atoms with Crippen LogP contribution in [-0.4, -0.2) is 25.2 Å². The molecule has 0 aromatic heterocycles. The van der Waals surface area contributed by atoms with Gasteiger partial charge >= 0.3 is 0 Å². The van der Waals surface area contributed by atoms with Gasteiger partial charge in [-0.25, -0.2) is 0 Å². The van der Waals surface area contributed by atoms with Crippen molar-refractivity contribution in [2.45, 2.75) is 18.5 Å². The third-order valence-corrected chi connectivity index (χ3v) is 1.73. The number of fused-ring (bicyclic) bond motifs is 1. The molecule has 2 N–H and O–H groups in total. The van der Waals surface area contributed by atoms with E-state index in [1.807, 2.05) is 0 Å². The van der Waals surface area contributed by atoms with Gasteiger partial charge in [0.05, 0.1) is 0 Å². The smallest absolute Gasteiger partial charge is 0.0237 e. The Balaban J connectivity index is 0.000000320. The summed E-state index contributed by atoms with van der Waals surface area (Å²) < 4.78 is 0. The van der Waals surface area contributed by atoms with Crippen LogP contribution < -0.4 is 10.6 Å². The van der Waals surface area contributed by atoms with Crippen molar-refractivity contribution in [3.8, 4) is 0 Å². The zero-order valence-electron chi connectivity index (χ0n) is 4.28.